The van der Waals surface area contributed by atoms with Crippen molar-refractivity contribution >= 4 is 11.8 Å². The zero-order valence-corrected chi connectivity index (χ0v) is 15.2. The number of carbonyl (C=O) groups is 2. The Morgan fingerprint density at radius 3 is 2.71 bits per heavy atom. The van der Waals surface area contributed by atoms with Crippen LogP contribution in [0.1, 0.15) is 59.3 Å². The second-order valence-electron chi connectivity index (χ2n) is 6.10. The van der Waals surface area contributed by atoms with Crippen LogP contribution in [0.2, 0.25) is 0 Å². The minimum Gasteiger partial charge on any atom is -0.462 e. The monoisotopic (exact) mass is 330 g/mol. The summed E-state index contributed by atoms with van der Waals surface area (Å²) in [6.45, 7) is 6.06. The zero-order chi connectivity index (χ0) is 17.8. The van der Waals surface area contributed by atoms with E-state index in [4.69, 9.17) is 4.74 Å². The number of rotatable bonds is 10. The van der Waals surface area contributed by atoms with Crippen molar-refractivity contribution in [2.75, 3.05) is 0 Å². The van der Waals surface area contributed by atoms with Crippen molar-refractivity contribution in [2.45, 2.75) is 65.4 Å². The van der Waals surface area contributed by atoms with Crippen molar-refractivity contribution in [1.29, 1.82) is 0 Å². The number of esters is 1. The Bertz CT molecular complexity index is 523. The van der Waals surface area contributed by atoms with E-state index in [1.165, 1.54) is 0 Å². The lowest BCUT2D eigenvalue weighted by Crippen LogP contribution is -2.17. The van der Waals surface area contributed by atoms with Gasteiger partial charge in [-0.05, 0) is 32.3 Å². The topological polar surface area (TPSA) is 43.4 Å². The van der Waals surface area contributed by atoms with E-state index in [0.717, 1.165) is 24.8 Å². The first-order valence-electron chi connectivity index (χ1n) is 8.96. The minimum absolute atomic E-state index is 0.0722. The zero-order valence-electron chi connectivity index (χ0n) is 15.2. The summed E-state index contributed by atoms with van der Waals surface area (Å²) in [6, 6.07) is 0. The first kappa shape index (κ1) is 20.1. The molecule has 24 heavy (non-hydrogen) atoms. The second kappa shape index (κ2) is 11.6. The molecule has 0 aromatic rings. The largest absolute Gasteiger partial charge is 0.462 e. The van der Waals surface area contributed by atoms with Gasteiger partial charge < -0.3 is 4.74 Å². The molecule has 3 heteroatoms. The van der Waals surface area contributed by atoms with E-state index in [2.05, 4.69) is 25.2 Å². The SMILES string of the molecule is C/C=C\CCCC(=O)OC(C/C=C\CC)C/C=C1/C(=O)C=CC1C. The van der Waals surface area contributed by atoms with Crippen molar-refractivity contribution in [3.63, 3.8) is 0 Å². The third kappa shape index (κ3) is 7.58. The normalized spacial score (nSPS) is 20.5. The molecule has 0 spiro atoms. The third-order valence-electron chi connectivity index (χ3n) is 4.00. The van der Waals surface area contributed by atoms with Crippen LogP contribution in [-0.2, 0) is 14.3 Å². The van der Waals surface area contributed by atoms with Crippen molar-refractivity contribution in [2.24, 2.45) is 5.92 Å². The molecule has 0 saturated carbocycles. The van der Waals surface area contributed by atoms with Gasteiger partial charge in [0.2, 0.25) is 0 Å². The lowest BCUT2D eigenvalue weighted by Gasteiger charge is -2.15. The summed E-state index contributed by atoms with van der Waals surface area (Å²) in [5, 5.41) is 0. The third-order valence-corrected chi connectivity index (χ3v) is 4.00. The van der Waals surface area contributed by atoms with E-state index in [-0.39, 0.29) is 23.8 Å². The summed E-state index contributed by atoms with van der Waals surface area (Å²) in [7, 11) is 0. The summed E-state index contributed by atoms with van der Waals surface area (Å²) >= 11 is 0. The quantitative estimate of drug-likeness (QED) is 0.242. The Labute approximate surface area is 146 Å². The first-order valence-corrected chi connectivity index (χ1v) is 8.96. The maximum Gasteiger partial charge on any atom is 0.306 e. The highest BCUT2D eigenvalue weighted by molar-refractivity contribution is 6.07. The van der Waals surface area contributed by atoms with Gasteiger partial charge in [-0.15, -0.1) is 0 Å². The van der Waals surface area contributed by atoms with Crippen molar-refractivity contribution < 1.29 is 14.3 Å². The molecular formula is C21H30O3. The van der Waals surface area contributed by atoms with Crippen molar-refractivity contribution in [3.05, 3.63) is 48.1 Å². The van der Waals surface area contributed by atoms with E-state index >= 15 is 0 Å². The number of hydrogen-bond donors (Lipinski definition) is 0. The van der Waals surface area contributed by atoms with E-state index in [1.54, 1.807) is 6.08 Å². The lowest BCUT2D eigenvalue weighted by atomic mass is 10.0. The molecule has 0 aromatic carbocycles. The number of ketones is 1. The average Bonchev–Trinajstić information content (AvgIpc) is 2.88. The van der Waals surface area contributed by atoms with Gasteiger partial charge in [0, 0.05) is 30.8 Å². The lowest BCUT2D eigenvalue weighted by molar-refractivity contribution is -0.148. The van der Waals surface area contributed by atoms with E-state index in [1.807, 2.05) is 32.1 Å². The number of carbonyl (C=O) groups excluding carboxylic acids is 2. The van der Waals surface area contributed by atoms with Crippen LogP contribution in [0.15, 0.2) is 48.1 Å². The van der Waals surface area contributed by atoms with Gasteiger partial charge >= 0.3 is 5.97 Å². The smallest absolute Gasteiger partial charge is 0.306 e. The molecule has 2 atom stereocenters. The molecule has 2 unspecified atom stereocenters. The Morgan fingerprint density at radius 1 is 1.29 bits per heavy atom. The number of unbranched alkanes of at least 4 members (excludes halogenated alkanes) is 1. The molecule has 1 rings (SSSR count). The van der Waals surface area contributed by atoms with Gasteiger partial charge in [-0.25, -0.2) is 0 Å². The summed E-state index contributed by atoms with van der Waals surface area (Å²) in [4.78, 5) is 23.8. The molecule has 1 aliphatic rings. The predicted molar refractivity (Wildman–Crippen MR) is 98.6 cm³/mol. The van der Waals surface area contributed by atoms with Crippen LogP contribution >= 0.6 is 0 Å². The molecule has 0 bridgehead atoms. The molecule has 132 valence electrons. The van der Waals surface area contributed by atoms with E-state index in [0.29, 0.717) is 19.3 Å². The highest BCUT2D eigenvalue weighted by atomic mass is 16.5. The van der Waals surface area contributed by atoms with E-state index < -0.39 is 0 Å². The molecule has 0 heterocycles. The van der Waals surface area contributed by atoms with Crippen molar-refractivity contribution in [3.8, 4) is 0 Å². The number of hydrogen-bond acceptors (Lipinski definition) is 3. The fourth-order valence-electron chi connectivity index (χ4n) is 2.58. The van der Waals surface area contributed by atoms with E-state index in [9.17, 15) is 9.59 Å². The molecule has 0 radical (unpaired) electrons. The molecule has 3 nitrogen and oxygen atoms in total. The fraction of sp³-hybridized carbons (Fsp3) is 0.524. The highest BCUT2D eigenvalue weighted by Crippen LogP contribution is 2.22. The van der Waals surface area contributed by atoms with Gasteiger partial charge in [0.1, 0.15) is 6.10 Å². The Morgan fingerprint density at radius 2 is 2.08 bits per heavy atom. The Kier molecular flexibility index (Phi) is 9.74. The van der Waals surface area contributed by atoms with Crippen LogP contribution in [0.4, 0.5) is 0 Å². The maximum absolute atomic E-state index is 12.0. The average molecular weight is 330 g/mol. The van der Waals surface area contributed by atoms with Crippen LogP contribution in [0.25, 0.3) is 0 Å². The van der Waals surface area contributed by atoms with Gasteiger partial charge in [0.05, 0.1) is 0 Å². The Hall–Kier alpha value is -1.90. The van der Waals surface area contributed by atoms with Gasteiger partial charge in [-0.3, -0.25) is 9.59 Å². The molecular weight excluding hydrogens is 300 g/mol. The molecule has 1 aliphatic carbocycles. The first-order chi connectivity index (χ1) is 11.6. The number of allylic oxidation sites excluding steroid dienone is 6. The summed E-state index contributed by atoms with van der Waals surface area (Å²) in [5.41, 5.74) is 0.809. The maximum atomic E-state index is 12.0. The highest BCUT2D eigenvalue weighted by Gasteiger charge is 2.20. The molecule has 0 aromatic heterocycles. The second-order valence-corrected chi connectivity index (χ2v) is 6.10. The summed E-state index contributed by atoms with van der Waals surface area (Å²) in [5.74, 6) is 0.0700. The van der Waals surface area contributed by atoms with Gasteiger partial charge in [0.25, 0.3) is 0 Å². The van der Waals surface area contributed by atoms with Crippen LogP contribution in [0, 0.1) is 5.92 Å². The van der Waals surface area contributed by atoms with Gasteiger partial charge in [0.15, 0.2) is 5.78 Å². The van der Waals surface area contributed by atoms with Crippen LogP contribution in [0.3, 0.4) is 0 Å². The fourth-order valence-corrected chi connectivity index (χ4v) is 2.58. The minimum atomic E-state index is -0.199. The standard InChI is InChI=1S/C21H30O3/c1-4-6-8-10-12-21(23)24-18(11-9-7-5-2)14-15-19-17(3)13-16-20(19)22/h4,6-7,9,13,15-18H,5,8,10-12,14H2,1-3H3/b6-4-,9-7-,19-15+. The molecule has 0 aliphatic heterocycles. The van der Waals surface area contributed by atoms with Gasteiger partial charge in [-0.1, -0.05) is 50.3 Å². The molecule has 0 amide bonds. The predicted octanol–water partition coefficient (Wildman–Crippen LogP) is 5.09. The van der Waals surface area contributed by atoms with Gasteiger partial charge in [-0.2, -0.15) is 0 Å². The van der Waals surface area contributed by atoms with Crippen molar-refractivity contribution in [1.82, 2.24) is 0 Å². The van der Waals surface area contributed by atoms with Crippen LogP contribution in [-0.4, -0.2) is 17.9 Å². The molecule has 0 N–H and O–H groups in total. The van der Waals surface area contributed by atoms with Crippen LogP contribution in [0.5, 0.6) is 0 Å². The molecule has 0 fully saturated rings. The van der Waals surface area contributed by atoms with Crippen LogP contribution < -0.4 is 0 Å². The summed E-state index contributed by atoms with van der Waals surface area (Å²) < 4.78 is 5.62. The Balaban J connectivity index is 2.56. The number of ether oxygens (including phenoxy) is 1. The summed E-state index contributed by atoms with van der Waals surface area (Å²) in [6.07, 6.45) is 17.8. The molecule has 0 saturated heterocycles.